The summed E-state index contributed by atoms with van der Waals surface area (Å²) in [5, 5.41) is 0. The average Bonchev–Trinajstić information content (AvgIpc) is 2.06. The Balaban J connectivity index is 2.89. The first-order valence-corrected chi connectivity index (χ1v) is 5.33. The molecule has 0 bridgehead atoms. The van der Waals surface area contributed by atoms with Gasteiger partial charge in [0.25, 0.3) is 0 Å². The number of benzene rings is 1. The summed E-state index contributed by atoms with van der Waals surface area (Å²) >= 11 is 0. The maximum Gasteiger partial charge on any atom is 0.0454 e. The highest BCUT2D eigenvalue weighted by atomic mass is 32.2. The fourth-order valence-electron chi connectivity index (χ4n) is 0.867. The quantitative estimate of drug-likeness (QED) is 0.683. The molecule has 0 aliphatic carbocycles. The Morgan fingerprint density at radius 1 is 1.33 bits per heavy atom. The highest BCUT2D eigenvalue weighted by molar-refractivity contribution is 7.88. The zero-order valence-corrected chi connectivity index (χ0v) is 8.10. The summed E-state index contributed by atoms with van der Waals surface area (Å²) in [6, 6.07) is 9.90. The summed E-state index contributed by atoms with van der Waals surface area (Å²) in [5.74, 6) is 0. The van der Waals surface area contributed by atoms with Gasteiger partial charge in [0.05, 0.1) is 0 Å². The fourth-order valence-corrected chi connectivity index (χ4v) is 1.17. The molecule has 0 radical (unpaired) electrons. The van der Waals surface area contributed by atoms with Gasteiger partial charge in [-0.3, -0.25) is 4.21 Å². The van der Waals surface area contributed by atoms with Gasteiger partial charge in [0, 0.05) is 22.0 Å². The number of hydrogen-bond donors (Lipinski definition) is 0. The van der Waals surface area contributed by atoms with Crippen LogP contribution in [0.5, 0.6) is 0 Å². The van der Waals surface area contributed by atoms with Crippen LogP contribution in [-0.2, 0) is 10.8 Å². The molecule has 0 fully saturated rings. The lowest BCUT2D eigenvalue weighted by atomic mass is 10.2. The molecule has 0 amide bonds. The second-order valence-electron chi connectivity index (χ2n) is 2.62. The summed E-state index contributed by atoms with van der Waals surface area (Å²) in [7, 11) is -0.850. The smallest absolute Gasteiger partial charge is 0.0454 e. The minimum atomic E-state index is -0.850. The summed E-state index contributed by atoms with van der Waals surface area (Å²) in [4.78, 5) is 0.904. The first kappa shape index (κ1) is 9.20. The van der Waals surface area contributed by atoms with Crippen molar-refractivity contribution < 1.29 is 4.21 Å². The van der Waals surface area contributed by atoms with Crippen molar-refractivity contribution in [2.75, 3.05) is 6.26 Å². The van der Waals surface area contributed by atoms with Crippen molar-refractivity contribution in [1.82, 2.24) is 0 Å². The number of hydrogen-bond acceptors (Lipinski definition) is 1. The normalized spacial score (nSPS) is 14.3. The van der Waals surface area contributed by atoms with Gasteiger partial charge in [0.2, 0.25) is 0 Å². The molecule has 1 atom stereocenters. The van der Waals surface area contributed by atoms with Crippen molar-refractivity contribution in [3.05, 3.63) is 40.8 Å². The topological polar surface area (TPSA) is 17.1 Å². The molecule has 0 saturated carbocycles. The van der Waals surface area contributed by atoms with Crippen molar-refractivity contribution in [2.24, 2.45) is 0 Å². The Hall–Kier alpha value is -0.890. The molecule has 1 unspecified atom stereocenters. The van der Waals surface area contributed by atoms with E-state index in [1.807, 2.05) is 43.3 Å². The molecule has 0 heterocycles. The lowest BCUT2D eigenvalue weighted by Gasteiger charge is -1.95. The van der Waals surface area contributed by atoms with Crippen molar-refractivity contribution in [3.63, 3.8) is 0 Å². The van der Waals surface area contributed by atoms with Gasteiger partial charge >= 0.3 is 0 Å². The minimum Gasteiger partial charge on any atom is -0.255 e. The van der Waals surface area contributed by atoms with Crippen LogP contribution in [0.25, 0.3) is 6.08 Å². The van der Waals surface area contributed by atoms with E-state index in [1.165, 1.54) is 0 Å². The van der Waals surface area contributed by atoms with E-state index in [1.54, 1.807) is 6.26 Å². The van der Waals surface area contributed by atoms with E-state index < -0.39 is 10.8 Å². The van der Waals surface area contributed by atoms with E-state index in [0.29, 0.717) is 0 Å². The molecule has 1 rings (SSSR count). The lowest BCUT2D eigenvalue weighted by molar-refractivity contribution is 0.690. The second-order valence-corrected chi connectivity index (χ2v) is 4.17. The largest absolute Gasteiger partial charge is 0.255 e. The van der Waals surface area contributed by atoms with Gasteiger partial charge in [0.1, 0.15) is 0 Å². The molecule has 0 aliphatic heterocycles. The van der Waals surface area contributed by atoms with Gasteiger partial charge < -0.3 is 0 Å². The predicted octanol–water partition coefficient (Wildman–Crippen LogP) is 2.43. The maximum absolute atomic E-state index is 11.0. The molecule has 64 valence electrons. The van der Waals surface area contributed by atoms with E-state index in [4.69, 9.17) is 0 Å². The van der Waals surface area contributed by atoms with E-state index >= 15 is 0 Å². The van der Waals surface area contributed by atoms with Crippen LogP contribution in [0, 0.1) is 0 Å². The molecule has 12 heavy (non-hydrogen) atoms. The van der Waals surface area contributed by atoms with Crippen molar-refractivity contribution in [3.8, 4) is 0 Å². The fraction of sp³-hybridized carbons (Fsp3) is 0.200. The molecule has 0 aromatic heterocycles. The van der Waals surface area contributed by atoms with Crippen molar-refractivity contribution in [2.45, 2.75) is 6.92 Å². The molecule has 0 N–H and O–H groups in total. The van der Waals surface area contributed by atoms with Crippen LogP contribution in [0.15, 0.2) is 35.2 Å². The van der Waals surface area contributed by atoms with Gasteiger partial charge in [-0.25, -0.2) is 0 Å². The average molecular weight is 180 g/mol. The monoisotopic (exact) mass is 180 g/mol. The highest BCUT2D eigenvalue weighted by Crippen LogP contribution is 2.07. The standard InChI is InChI=1S/C10H12OS/c1-9(12(2)11)8-10-6-4-3-5-7-10/h3-8H,1-2H3. The summed E-state index contributed by atoms with van der Waals surface area (Å²) in [5.41, 5.74) is 1.10. The van der Waals surface area contributed by atoms with Gasteiger partial charge in [-0.15, -0.1) is 0 Å². The third-order valence-electron chi connectivity index (χ3n) is 1.62. The van der Waals surface area contributed by atoms with Gasteiger partial charge in [-0.1, -0.05) is 30.3 Å². The van der Waals surface area contributed by atoms with Crippen LogP contribution in [-0.4, -0.2) is 10.5 Å². The van der Waals surface area contributed by atoms with Gasteiger partial charge in [-0.2, -0.15) is 0 Å². The Labute approximate surface area is 75.6 Å². The van der Waals surface area contributed by atoms with Crippen LogP contribution < -0.4 is 0 Å². The van der Waals surface area contributed by atoms with E-state index in [0.717, 1.165) is 10.5 Å². The third kappa shape index (κ3) is 2.62. The zero-order chi connectivity index (χ0) is 8.97. The molecule has 1 aromatic carbocycles. The van der Waals surface area contributed by atoms with Crippen LogP contribution >= 0.6 is 0 Å². The molecular formula is C10H12OS. The SMILES string of the molecule is CC(=Cc1ccccc1)S(C)=O. The highest BCUT2D eigenvalue weighted by Gasteiger charge is 1.93. The Bertz CT molecular complexity index is 301. The summed E-state index contributed by atoms with van der Waals surface area (Å²) in [6.45, 7) is 1.88. The Kier molecular flexibility index (Phi) is 3.23. The first-order chi connectivity index (χ1) is 5.70. The number of rotatable bonds is 2. The maximum atomic E-state index is 11.0. The lowest BCUT2D eigenvalue weighted by Crippen LogP contribution is -1.85. The molecule has 1 aromatic rings. The second kappa shape index (κ2) is 4.21. The number of allylic oxidation sites excluding steroid dienone is 1. The Morgan fingerprint density at radius 2 is 1.92 bits per heavy atom. The Morgan fingerprint density at radius 3 is 2.42 bits per heavy atom. The summed E-state index contributed by atoms with van der Waals surface area (Å²) < 4.78 is 11.0. The van der Waals surface area contributed by atoms with Crippen LogP contribution in [0.1, 0.15) is 12.5 Å². The van der Waals surface area contributed by atoms with Crippen LogP contribution in [0.2, 0.25) is 0 Å². The third-order valence-corrected chi connectivity index (χ3v) is 2.65. The first-order valence-electron chi connectivity index (χ1n) is 3.77. The van der Waals surface area contributed by atoms with E-state index in [-0.39, 0.29) is 0 Å². The molecule has 0 aliphatic rings. The molecule has 0 saturated heterocycles. The zero-order valence-electron chi connectivity index (χ0n) is 7.28. The molecular weight excluding hydrogens is 168 g/mol. The molecule has 2 heteroatoms. The summed E-state index contributed by atoms with van der Waals surface area (Å²) in [6.07, 6.45) is 3.63. The van der Waals surface area contributed by atoms with Gasteiger partial charge in [-0.05, 0) is 18.6 Å². The van der Waals surface area contributed by atoms with Gasteiger partial charge in [0.15, 0.2) is 0 Å². The van der Waals surface area contributed by atoms with E-state index in [2.05, 4.69) is 0 Å². The predicted molar refractivity (Wildman–Crippen MR) is 54.2 cm³/mol. The van der Waals surface area contributed by atoms with E-state index in [9.17, 15) is 4.21 Å². The van der Waals surface area contributed by atoms with Crippen LogP contribution in [0.3, 0.4) is 0 Å². The molecule has 0 spiro atoms. The van der Waals surface area contributed by atoms with Crippen molar-refractivity contribution >= 4 is 16.9 Å². The van der Waals surface area contributed by atoms with Crippen molar-refractivity contribution in [1.29, 1.82) is 0 Å². The molecule has 1 nitrogen and oxygen atoms in total. The van der Waals surface area contributed by atoms with Crippen LogP contribution in [0.4, 0.5) is 0 Å². The minimum absolute atomic E-state index is 0.850.